The highest BCUT2D eigenvalue weighted by molar-refractivity contribution is 9.10. The van der Waals surface area contributed by atoms with E-state index in [1.54, 1.807) is 6.20 Å². The van der Waals surface area contributed by atoms with Crippen LogP contribution in [0, 0.1) is 17.0 Å². The molecule has 0 saturated heterocycles. The summed E-state index contributed by atoms with van der Waals surface area (Å²) >= 11 is 4.48. The third-order valence-electron chi connectivity index (χ3n) is 3.68. The Hall–Kier alpha value is -2.58. The standard InChI is InChI=1S/C18H14BrN3O3S/c1-11-2-4-12(5-3-11)8-14-10-20-18(26-14)21-17(23)13-6-7-15(19)16(9-13)22(24)25/h2-7,9-10H,8H2,1H3,(H,20,21,23). The van der Waals surface area contributed by atoms with E-state index in [0.29, 0.717) is 9.60 Å². The monoisotopic (exact) mass is 431 g/mol. The number of benzene rings is 2. The summed E-state index contributed by atoms with van der Waals surface area (Å²) in [4.78, 5) is 28.0. The number of carbonyl (C=O) groups is 1. The number of nitro groups is 1. The van der Waals surface area contributed by atoms with E-state index in [9.17, 15) is 14.9 Å². The van der Waals surface area contributed by atoms with Crippen LogP contribution in [0.5, 0.6) is 0 Å². The number of nitrogens with one attached hydrogen (secondary N) is 1. The van der Waals surface area contributed by atoms with Crippen molar-refractivity contribution in [2.45, 2.75) is 13.3 Å². The van der Waals surface area contributed by atoms with Crippen LogP contribution in [0.15, 0.2) is 53.1 Å². The zero-order valence-electron chi connectivity index (χ0n) is 13.7. The number of hydrogen-bond donors (Lipinski definition) is 1. The number of thiazole rings is 1. The van der Waals surface area contributed by atoms with Crippen LogP contribution in [0.1, 0.15) is 26.4 Å². The van der Waals surface area contributed by atoms with Crippen molar-refractivity contribution in [3.8, 4) is 0 Å². The third-order valence-corrected chi connectivity index (χ3v) is 5.26. The van der Waals surface area contributed by atoms with Gasteiger partial charge in [-0.05, 0) is 40.5 Å². The lowest BCUT2D eigenvalue weighted by atomic mass is 10.1. The van der Waals surface area contributed by atoms with Crippen LogP contribution in [-0.4, -0.2) is 15.8 Å². The van der Waals surface area contributed by atoms with Gasteiger partial charge >= 0.3 is 0 Å². The Kier molecular flexibility index (Phi) is 5.43. The third kappa shape index (κ3) is 4.33. The lowest BCUT2D eigenvalue weighted by Gasteiger charge is -2.03. The Morgan fingerprint density at radius 1 is 1.27 bits per heavy atom. The number of nitro benzene ring substituents is 1. The van der Waals surface area contributed by atoms with Gasteiger partial charge in [0, 0.05) is 29.1 Å². The Bertz CT molecular complexity index is 970. The lowest BCUT2D eigenvalue weighted by molar-refractivity contribution is -0.385. The number of halogens is 1. The number of aromatic nitrogens is 1. The second kappa shape index (κ2) is 7.76. The molecule has 26 heavy (non-hydrogen) atoms. The van der Waals surface area contributed by atoms with Gasteiger partial charge < -0.3 is 0 Å². The first kappa shape index (κ1) is 18.2. The van der Waals surface area contributed by atoms with Gasteiger partial charge in [-0.2, -0.15) is 0 Å². The highest BCUT2D eigenvalue weighted by Crippen LogP contribution is 2.27. The molecule has 0 aliphatic carbocycles. The second-order valence-corrected chi connectivity index (χ2v) is 7.64. The number of anilines is 1. The van der Waals surface area contributed by atoms with Crippen LogP contribution in [0.4, 0.5) is 10.8 Å². The van der Waals surface area contributed by atoms with E-state index < -0.39 is 10.8 Å². The zero-order chi connectivity index (χ0) is 18.7. The molecule has 8 heteroatoms. The average Bonchev–Trinajstić information content (AvgIpc) is 3.04. The van der Waals surface area contributed by atoms with Crippen LogP contribution in [0.2, 0.25) is 0 Å². The maximum absolute atomic E-state index is 12.3. The summed E-state index contributed by atoms with van der Waals surface area (Å²) < 4.78 is 0.327. The first-order valence-corrected chi connectivity index (χ1v) is 9.29. The fourth-order valence-electron chi connectivity index (χ4n) is 2.32. The largest absolute Gasteiger partial charge is 0.298 e. The fourth-order valence-corrected chi connectivity index (χ4v) is 3.55. The van der Waals surface area contributed by atoms with Crippen molar-refractivity contribution in [1.82, 2.24) is 4.98 Å². The topological polar surface area (TPSA) is 85.1 Å². The van der Waals surface area contributed by atoms with Crippen molar-refractivity contribution < 1.29 is 9.72 Å². The van der Waals surface area contributed by atoms with E-state index in [-0.39, 0.29) is 11.3 Å². The zero-order valence-corrected chi connectivity index (χ0v) is 16.1. The Balaban J connectivity index is 1.70. The van der Waals surface area contributed by atoms with E-state index >= 15 is 0 Å². The number of carbonyl (C=O) groups excluding carboxylic acids is 1. The molecule has 0 atom stereocenters. The molecular weight excluding hydrogens is 418 g/mol. The van der Waals surface area contributed by atoms with Gasteiger partial charge in [-0.3, -0.25) is 20.2 Å². The summed E-state index contributed by atoms with van der Waals surface area (Å²) in [5, 5.41) is 14.1. The molecule has 0 bridgehead atoms. The average molecular weight is 432 g/mol. The predicted octanol–water partition coefficient (Wildman–Crippen LogP) is 4.97. The molecule has 2 aromatic carbocycles. The molecule has 1 amide bonds. The molecule has 3 aromatic rings. The van der Waals surface area contributed by atoms with Gasteiger partial charge in [-0.15, -0.1) is 11.3 Å². The molecule has 1 heterocycles. The van der Waals surface area contributed by atoms with Crippen LogP contribution in [0.3, 0.4) is 0 Å². The summed E-state index contributed by atoms with van der Waals surface area (Å²) in [5.74, 6) is -0.433. The minimum atomic E-state index is -0.538. The van der Waals surface area contributed by atoms with Gasteiger partial charge in [0.1, 0.15) is 0 Å². The van der Waals surface area contributed by atoms with Crippen LogP contribution in [-0.2, 0) is 6.42 Å². The first-order chi connectivity index (χ1) is 12.4. The lowest BCUT2D eigenvalue weighted by Crippen LogP contribution is -2.11. The van der Waals surface area contributed by atoms with Crippen LogP contribution in [0.25, 0.3) is 0 Å². The fraction of sp³-hybridized carbons (Fsp3) is 0.111. The SMILES string of the molecule is Cc1ccc(Cc2cnc(NC(=O)c3ccc(Br)c([N+](=O)[O-])c3)s2)cc1. The maximum atomic E-state index is 12.3. The number of rotatable bonds is 5. The highest BCUT2D eigenvalue weighted by Gasteiger charge is 2.17. The second-order valence-electron chi connectivity index (χ2n) is 5.67. The van der Waals surface area contributed by atoms with E-state index in [1.807, 2.05) is 6.92 Å². The summed E-state index contributed by atoms with van der Waals surface area (Å²) in [6.45, 7) is 2.04. The van der Waals surface area contributed by atoms with Gasteiger partial charge in [-0.25, -0.2) is 4.98 Å². The number of amides is 1. The molecule has 3 rings (SSSR count). The normalized spacial score (nSPS) is 10.5. The molecule has 1 N–H and O–H groups in total. The molecule has 0 fully saturated rings. The predicted molar refractivity (Wildman–Crippen MR) is 105 cm³/mol. The van der Waals surface area contributed by atoms with E-state index in [4.69, 9.17) is 0 Å². The highest BCUT2D eigenvalue weighted by atomic mass is 79.9. The van der Waals surface area contributed by atoms with Gasteiger partial charge in [0.25, 0.3) is 11.6 Å². The van der Waals surface area contributed by atoms with Crippen LogP contribution < -0.4 is 5.32 Å². The van der Waals surface area contributed by atoms with Gasteiger partial charge in [0.05, 0.1) is 9.40 Å². The first-order valence-electron chi connectivity index (χ1n) is 7.68. The number of hydrogen-bond acceptors (Lipinski definition) is 5. The molecule has 0 radical (unpaired) electrons. The minimum Gasteiger partial charge on any atom is -0.298 e. The maximum Gasteiger partial charge on any atom is 0.284 e. The molecule has 6 nitrogen and oxygen atoms in total. The molecule has 0 spiro atoms. The Morgan fingerprint density at radius 3 is 2.69 bits per heavy atom. The van der Waals surface area contributed by atoms with Crippen molar-refractivity contribution in [2.75, 3.05) is 5.32 Å². The van der Waals surface area contributed by atoms with Crippen molar-refractivity contribution in [3.63, 3.8) is 0 Å². The van der Waals surface area contributed by atoms with Crippen molar-refractivity contribution in [3.05, 3.63) is 84.8 Å². The minimum absolute atomic E-state index is 0.156. The van der Waals surface area contributed by atoms with E-state index in [2.05, 4.69) is 50.5 Å². The summed E-state index contributed by atoms with van der Waals surface area (Å²) in [6, 6.07) is 12.5. The quantitative estimate of drug-likeness (QED) is 0.456. The summed E-state index contributed by atoms with van der Waals surface area (Å²) in [7, 11) is 0. The molecule has 0 aliphatic heterocycles. The van der Waals surface area contributed by atoms with Crippen molar-refractivity contribution >= 4 is 44.0 Å². The van der Waals surface area contributed by atoms with Gasteiger partial charge in [0.2, 0.25) is 0 Å². The van der Waals surface area contributed by atoms with E-state index in [0.717, 1.165) is 11.3 Å². The molecule has 0 saturated carbocycles. The molecule has 0 aliphatic rings. The van der Waals surface area contributed by atoms with Gasteiger partial charge in [0.15, 0.2) is 5.13 Å². The van der Waals surface area contributed by atoms with E-state index in [1.165, 1.54) is 40.7 Å². The number of nitrogens with zero attached hydrogens (tertiary/aromatic N) is 2. The summed E-state index contributed by atoms with van der Waals surface area (Å²) in [5.41, 5.74) is 2.42. The van der Waals surface area contributed by atoms with Crippen LogP contribution >= 0.6 is 27.3 Å². The Morgan fingerprint density at radius 2 is 2.00 bits per heavy atom. The van der Waals surface area contributed by atoms with Crippen molar-refractivity contribution in [1.29, 1.82) is 0 Å². The van der Waals surface area contributed by atoms with Gasteiger partial charge in [-0.1, -0.05) is 29.8 Å². The molecule has 1 aromatic heterocycles. The Labute approximate surface area is 162 Å². The summed E-state index contributed by atoms with van der Waals surface area (Å²) in [6.07, 6.45) is 2.46. The molecular formula is C18H14BrN3O3S. The number of aryl methyl sites for hydroxylation is 1. The molecule has 0 unspecified atom stereocenters. The smallest absolute Gasteiger partial charge is 0.284 e. The van der Waals surface area contributed by atoms with Crippen molar-refractivity contribution in [2.24, 2.45) is 0 Å². The molecule has 132 valence electrons.